The fourth-order valence-electron chi connectivity index (χ4n) is 7.01. The van der Waals surface area contributed by atoms with Gasteiger partial charge >= 0.3 is 0 Å². The van der Waals surface area contributed by atoms with Crippen molar-refractivity contribution in [1.82, 2.24) is 19.5 Å². The summed E-state index contributed by atoms with van der Waals surface area (Å²) in [5.41, 5.74) is 6.47. The number of fused-ring (bicyclic) bond motifs is 1. The zero-order valence-corrected chi connectivity index (χ0v) is 25.4. The molecule has 0 saturated heterocycles. The van der Waals surface area contributed by atoms with Gasteiger partial charge in [-0.3, -0.25) is 0 Å². The maximum absolute atomic E-state index is 5.06. The highest BCUT2D eigenvalue weighted by atomic mass is 32.2. The number of rotatable bonds is 4. The Balaban J connectivity index is 1.25. The second kappa shape index (κ2) is 9.86. The minimum Gasteiger partial charge on any atom is -0.309 e. The van der Waals surface area contributed by atoms with Gasteiger partial charge in [0.25, 0.3) is 0 Å². The SMILES string of the molecule is c1ccc(-c2nc(-c3ccccc3)nc(-c3ccc(-n4c5cccc6c5c5c7c(cccc7ccc54)S6)c4ccccc34)n2)cc1. The molecule has 3 heterocycles. The molecule has 0 bridgehead atoms. The Bertz CT molecular complexity index is 2600. The van der Waals surface area contributed by atoms with E-state index in [0.717, 1.165) is 33.2 Å². The molecule has 1 aliphatic rings. The van der Waals surface area contributed by atoms with Gasteiger partial charge in [-0.15, -0.1) is 0 Å². The van der Waals surface area contributed by atoms with Gasteiger partial charge in [-0.2, -0.15) is 0 Å². The van der Waals surface area contributed by atoms with E-state index in [4.69, 9.17) is 15.0 Å². The van der Waals surface area contributed by atoms with Crippen LogP contribution in [0.15, 0.2) is 155 Å². The highest BCUT2D eigenvalue weighted by molar-refractivity contribution is 8.00. The average Bonchev–Trinajstić information content (AvgIpc) is 3.47. The molecular weight excluding hydrogens is 581 g/mol. The second-order valence-electron chi connectivity index (χ2n) is 11.6. The van der Waals surface area contributed by atoms with E-state index in [1.807, 2.05) is 72.4 Å². The van der Waals surface area contributed by atoms with Crippen LogP contribution < -0.4 is 0 Å². The van der Waals surface area contributed by atoms with Crippen molar-refractivity contribution in [3.63, 3.8) is 0 Å². The van der Waals surface area contributed by atoms with Crippen molar-refractivity contribution < 1.29 is 0 Å². The summed E-state index contributed by atoms with van der Waals surface area (Å²) in [5.74, 6) is 1.97. The van der Waals surface area contributed by atoms with Gasteiger partial charge < -0.3 is 4.57 Å². The lowest BCUT2D eigenvalue weighted by atomic mass is 10.0. The highest BCUT2D eigenvalue weighted by Crippen LogP contribution is 2.50. The first-order valence-corrected chi connectivity index (χ1v) is 16.2. The predicted molar refractivity (Wildman–Crippen MR) is 190 cm³/mol. The average molecular weight is 605 g/mol. The zero-order chi connectivity index (χ0) is 30.2. The maximum atomic E-state index is 5.06. The molecule has 0 atom stereocenters. The fourth-order valence-corrected chi connectivity index (χ4v) is 8.17. The van der Waals surface area contributed by atoms with E-state index in [-0.39, 0.29) is 0 Å². The van der Waals surface area contributed by atoms with E-state index in [9.17, 15) is 0 Å². The molecule has 0 amide bonds. The molecule has 0 aliphatic carbocycles. The molecule has 4 nitrogen and oxygen atoms in total. The molecule has 214 valence electrons. The molecule has 0 radical (unpaired) electrons. The first-order chi connectivity index (χ1) is 22.8. The molecule has 0 fully saturated rings. The Hall–Kier alpha value is -5.78. The lowest BCUT2D eigenvalue weighted by Crippen LogP contribution is -2.01. The standard InChI is InChI=1S/C41H24N4S/c1-3-11-26(12-4-1)39-42-40(27-13-5-2-6-14-27)44-41(43-39)30-22-24-31(29-17-8-7-16-28(29)30)45-32-18-10-20-35-37(32)38-33(45)23-21-25-15-9-19-34(46-35)36(25)38/h1-24H. The van der Waals surface area contributed by atoms with Crippen LogP contribution in [0.2, 0.25) is 0 Å². The van der Waals surface area contributed by atoms with Gasteiger partial charge in [-0.1, -0.05) is 121 Å². The Labute approximate surface area is 269 Å². The third-order valence-electron chi connectivity index (χ3n) is 9.02. The van der Waals surface area contributed by atoms with E-state index in [0.29, 0.717) is 17.5 Å². The van der Waals surface area contributed by atoms with Crippen LogP contribution in [0.4, 0.5) is 0 Å². The quantitative estimate of drug-likeness (QED) is 0.200. The number of hydrogen-bond acceptors (Lipinski definition) is 4. The first kappa shape index (κ1) is 25.5. The summed E-state index contributed by atoms with van der Waals surface area (Å²) in [6.07, 6.45) is 0. The monoisotopic (exact) mass is 604 g/mol. The molecule has 5 heteroatoms. The van der Waals surface area contributed by atoms with Crippen LogP contribution in [0.1, 0.15) is 0 Å². The van der Waals surface area contributed by atoms with E-state index in [1.165, 1.54) is 42.4 Å². The van der Waals surface area contributed by atoms with E-state index in [1.54, 1.807) is 0 Å². The van der Waals surface area contributed by atoms with Crippen LogP contribution in [-0.4, -0.2) is 19.5 Å². The zero-order valence-electron chi connectivity index (χ0n) is 24.6. The Morgan fingerprint density at radius 2 is 1.02 bits per heavy atom. The second-order valence-corrected chi connectivity index (χ2v) is 12.7. The lowest BCUT2D eigenvalue weighted by molar-refractivity contribution is 1.08. The molecule has 1 aliphatic heterocycles. The van der Waals surface area contributed by atoms with Crippen molar-refractivity contribution in [2.24, 2.45) is 0 Å². The normalized spacial score (nSPS) is 12.3. The van der Waals surface area contributed by atoms with E-state index < -0.39 is 0 Å². The highest BCUT2D eigenvalue weighted by Gasteiger charge is 2.24. The van der Waals surface area contributed by atoms with Gasteiger partial charge in [0, 0.05) is 48.0 Å². The van der Waals surface area contributed by atoms with Gasteiger partial charge in [0.2, 0.25) is 0 Å². The van der Waals surface area contributed by atoms with Crippen LogP contribution in [0.25, 0.3) is 83.2 Å². The number of hydrogen-bond donors (Lipinski definition) is 0. The summed E-state index contributed by atoms with van der Waals surface area (Å²) < 4.78 is 2.45. The number of aromatic nitrogens is 4. The number of nitrogens with zero attached hydrogens (tertiary/aromatic N) is 4. The van der Waals surface area contributed by atoms with Gasteiger partial charge in [-0.25, -0.2) is 15.0 Å². The van der Waals surface area contributed by atoms with E-state index in [2.05, 4.69) is 89.5 Å². The topological polar surface area (TPSA) is 43.6 Å². The van der Waals surface area contributed by atoms with Crippen LogP contribution in [-0.2, 0) is 0 Å². The smallest absolute Gasteiger partial charge is 0.164 e. The fraction of sp³-hybridized carbons (Fsp3) is 0. The van der Waals surface area contributed by atoms with Crippen LogP contribution in [0, 0.1) is 0 Å². The van der Waals surface area contributed by atoms with Crippen LogP contribution in [0.3, 0.4) is 0 Å². The summed E-state index contributed by atoms with van der Waals surface area (Å²) in [6.45, 7) is 0. The molecule has 10 rings (SSSR count). The molecule has 0 saturated carbocycles. The summed E-state index contributed by atoms with van der Waals surface area (Å²) in [5, 5.41) is 7.54. The van der Waals surface area contributed by atoms with Gasteiger partial charge in [0.15, 0.2) is 17.5 Å². The predicted octanol–water partition coefficient (Wildman–Crippen LogP) is 10.7. The van der Waals surface area contributed by atoms with Gasteiger partial charge in [-0.05, 0) is 47.2 Å². The van der Waals surface area contributed by atoms with Gasteiger partial charge in [0.05, 0.1) is 16.7 Å². The van der Waals surface area contributed by atoms with Crippen LogP contribution >= 0.6 is 11.8 Å². The molecule has 0 N–H and O–H groups in total. The maximum Gasteiger partial charge on any atom is 0.164 e. The number of benzene rings is 7. The third-order valence-corrected chi connectivity index (χ3v) is 10.1. The molecule has 7 aromatic carbocycles. The largest absolute Gasteiger partial charge is 0.309 e. The molecule has 46 heavy (non-hydrogen) atoms. The van der Waals surface area contributed by atoms with Crippen molar-refractivity contribution >= 4 is 55.1 Å². The van der Waals surface area contributed by atoms with E-state index >= 15 is 0 Å². The molecule has 2 aromatic heterocycles. The van der Waals surface area contributed by atoms with Crippen LogP contribution in [0.5, 0.6) is 0 Å². The summed E-state index contributed by atoms with van der Waals surface area (Å²) in [7, 11) is 0. The van der Waals surface area contributed by atoms with Gasteiger partial charge in [0.1, 0.15) is 0 Å². The van der Waals surface area contributed by atoms with Crippen molar-refractivity contribution in [2.75, 3.05) is 0 Å². The molecular formula is C41H24N4S. The Morgan fingerprint density at radius 1 is 0.413 bits per heavy atom. The van der Waals surface area contributed by atoms with Crippen molar-refractivity contribution in [3.05, 3.63) is 146 Å². The summed E-state index contributed by atoms with van der Waals surface area (Å²) in [6, 6.07) is 51.2. The molecule has 9 aromatic rings. The minimum atomic E-state index is 0.657. The minimum absolute atomic E-state index is 0.657. The molecule has 0 unspecified atom stereocenters. The van der Waals surface area contributed by atoms with Crippen molar-refractivity contribution in [2.45, 2.75) is 9.79 Å². The molecule has 0 spiro atoms. The summed E-state index contributed by atoms with van der Waals surface area (Å²) in [4.78, 5) is 17.7. The first-order valence-electron chi connectivity index (χ1n) is 15.4. The Kier molecular flexibility index (Phi) is 5.47. The van der Waals surface area contributed by atoms with Crippen molar-refractivity contribution in [3.8, 4) is 39.9 Å². The van der Waals surface area contributed by atoms with Crippen molar-refractivity contribution in [1.29, 1.82) is 0 Å². The third kappa shape index (κ3) is 3.73. The Morgan fingerprint density at radius 3 is 1.76 bits per heavy atom. The lowest BCUT2D eigenvalue weighted by Gasteiger charge is -2.15. The summed E-state index contributed by atoms with van der Waals surface area (Å²) >= 11 is 1.87.